The Morgan fingerprint density at radius 2 is 1.34 bits per heavy atom. The van der Waals surface area contributed by atoms with Gasteiger partial charge < -0.3 is 0 Å². The summed E-state index contributed by atoms with van der Waals surface area (Å²) in [7, 11) is -1.53. The molecule has 0 fully saturated rings. The fraction of sp³-hybridized carbons (Fsp3) is 0.296. The van der Waals surface area contributed by atoms with Crippen LogP contribution in [0.4, 0.5) is 0 Å². The Morgan fingerprint density at radius 3 is 1.80 bits per heavy atom. The Balaban J connectivity index is 1.92. The molecule has 0 spiro atoms. The molecule has 1 atom stereocenters. The van der Waals surface area contributed by atoms with E-state index in [1.165, 1.54) is 14.7 Å². The van der Waals surface area contributed by atoms with Crippen LogP contribution < -0.4 is 0 Å². The minimum absolute atomic E-state index is 0.185. The van der Waals surface area contributed by atoms with Crippen LogP contribution >= 0.6 is 21.8 Å². The highest BCUT2D eigenvalue weighted by Crippen LogP contribution is 2.68. The van der Waals surface area contributed by atoms with Crippen LogP contribution in [0, 0.1) is 4.91 Å². The third-order valence-electron chi connectivity index (χ3n) is 5.88. The van der Waals surface area contributed by atoms with Crippen LogP contribution in [0.5, 0.6) is 0 Å². The molecule has 1 unspecified atom stereocenters. The van der Waals surface area contributed by atoms with Gasteiger partial charge in [0, 0.05) is 21.8 Å². The van der Waals surface area contributed by atoms with Gasteiger partial charge in [-0.25, -0.2) is 0 Å². The third kappa shape index (κ3) is 7.46. The summed E-state index contributed by atoms with van der Waals surface area (Å²) in [6.07, 6.45) is 3.45. The van der Waals surface area contributed by atoms with Crippen LogP contribution in [0.15, 0.2) is 116 Å². The van der Waals surface area contributed by atoms with Crippen molar-refractivity contribution in [2.24, 2.45) is 10.3 Å². The predicted octanol–water partition coefficient (Wildman–Crippen LogP) is 8.58. The lowest BCUT2D eigenvalue weighted by atomic mass is 10.1. The average molecular weight is 507 g/mol. The molecule has 6 nitrogen and oxygen atoms in total. The molecule has 0 saturated heterocycles. The van der Waals surface area contributed by atoms with Gasteiger partial charge in [-0.05, 0) is 81.6 Å². The van der Waals surface area contributed by atoms with Crippen molar-refractivity contribution in [1.29, 1.82) is 0 Å². The fourth-order valence-corrected chi connectivity index (χ4v) is 9.32. The molecule has 3 aromatic rings. The highest BCUT2D eigenvalue weighted by Gasteiger charge is 2.31. The maximum Gasteiger partial charge on any atom is 0.286 e. The smallest absolute Gasteiger partial charge is 0.269 e. The lowest BCUT2D eigenvalue weighted by molar-refractivity contribution is -0.118. The zero-order valence-corrected chi connectivity index (χ0v) is 21.2. The lowest BCUT2D eigenvalue weighted by Gasteiger charge is -2.42. The van der Waals surface area contributed by atoms with Crippen molar-refractivity contribution < 1.29 is 4.79 Å². The first-order chi connectivity index (χ1) is 17.2. The number of rotatable bonds is 14. The molecule has 0 heterocycles. The van der Waals surface area contributed by atoms with Gasteiger partial charge in [0.1, 0.15) is 0 Å². The minimum Gasteiger partial charge on any atom is -0.269 e. The minimum atomic E-state index is -1.53. The standard InChI is InChI=1S/C27H30N4O2S2/c28-31-29-22-34-23(12-10-11-19-27(32)30-33)20-21-35(24-13-4-1-5-14-24,25-15-6-2-7-16-25)26-17-8-3-9-18-26/h1-9,13-18,23H,10-12,19-22H2. The molecule has 182 valence electrons. The number of hydrogen-bond donors (Lipinski definition) is 0. The van der Waals surface area contributed by atoms with Crippen LogP contribution in [0.3, 0.4) is 0 Å². The molecule has 0 aliphatic heterocycles. The van der Waals surface area contributed by atoms with Gasteiger partial charge in [0.05, 0.1) is 5.88 Å². The van der Waals surface area contributed by atoms with E-state index >= 15 is 0 Å². The first-order valence-corrected chi connectivity index (χ1v) is 14.5. The number of hydrogen-bond acceptors (Lipinski definition) is 4. The van der Waals surface area contributed by atoms with Gasteiger partial charge in [-0.1, -0.05) is 66.1 Å². The van der Waals surface area contributed by atoms with Crippen molar-refractivity contribution in [3.05, 3.63) is 106 Å². The first kappa shape index (κ1) is 26.5. The predicted molar refractivity (Wildman–Crippen MR) is 146 cm³/mol. The summed E-state index contributed by atoms with van der Waals surface area (Å²) in [6.45, 7) is 0. The Hall–Kier alpha value is -3.06. The second kappa shape index (κ2) is 14.4. The first-order valence-electron chi connectivity index (χ1n) is 11.7. The van der Waals surface area contributed by atoms with Gasteiger partial charge in [-0.15, -0.1) is 4.91 Å². The maximum atomic E-state index is 11.3. The monoisotopic (exact) mass is 506 g/mol. The number of nitrogens with zero attached hydrogens (tertiary/aromatic N) is 4. The summed E-state index contributed by atoms with van der Waals surface area (Å²) in [5.41, 5.74) is 8.76. The fourth-order valence-electron chi connectivity index (χ4n) is 4.20. The van der Waals surface area contributed by atoms with Crippen molar-refractivity contribution in [1.82, 2.24) is 0 Å². The number of thioether (sulfide) groups is 1. The van der Waals surface area contributed by atoms with Crippen molar-refractivity contribution in [3.8, 4) is 0 Å². The topological polar surface area (TPSA) is 95.3 Å². The molecule has 0 bridgehead atoms. The molecule has 35 heavy (non-hydrogen) atoms. The number of carbonyl (C=O) groups is 1. The van der Waals surface area contributed by atoms with Crippen LogP contribution in [-0.2, 0) is 4.79 Å². The Labute approximate surface area is 212 Å². The van der Waals surface area contributed by atoms with E-state index in [1.807, 2.05) is 0 Å². The van der Waals surface area contributed by atoms with Gasteiger partial charge >= 0.3 is 0 Å². The lowest BCUT2D eigenvalue weighted by Crippen LogP contribution is -2.14. The largest absolute Gasteiger partial charge is 0.286 e. The molecule has 0 radical (unpaired) electrons. The molecule has 0 aliphatic rings. The number of unbranched alkanes of at least 4 members (excludes halogenated alkanes) is 1. The summed E-state index contributed by atoms with van der Waals surface area (Å²) in [4.78, 5) is 28.5. The van der Waals surface area contributed by atoms with Gasteiger partial charge in [0.15, 0.2) is 0 Å². The summed E-state index contributed by atoms with van der Waals surface area (Å²) in [5, 5.41) is 6.50. The van der Waals surface area contributed by atoms with Crippen LogP contribution in [-0.4, -0.2) is 22.8 Å². The molecule has 0 saturated carbocycles. The summed E-state index contributed by atoms with van der Waals surface area (Å²) >= 11 is 1.66. The van der Waals surface area contributed by atoms with Gasteiger partial charge in [-0.3, -0.25) is 4.79 Å². The molecule has 0 aliphatic carbocycles. The maximum absolute atomic E-state index is 11.3. The summed E-state index contributed by atoms with van der Waals surface area (Å²) in [5.74, 6) is 0.734. The summed E-state index contributed by atoms with van der Waals surface area (Å²) < 4.78 is 0. The van der Waals surface area contributed by atoms with Crippen molar-refractivity contribution in [3.63, 3.8) is 0 Å². The number of benzene rings is 3. The van der Waals surface area contributed by atoms with Crippen molar-refractivity contribution in [2.45, 2.75) is 52.0 Å². The van der Waals surface area contributed by atoms with Gasteiger partial charge in [0.25, 0.3) is 5.91 Å². The van der Waals surface area contributed by atoms with E-state index in [0.717, 1.165) is 25.0 Å². The van der Waals surface area contributed by atoms with E-state index < -0.39 is 15.9 Å². The molecule has 0 aromatic heterocycles. The van der Waals surface area contributed by atoms with E-state index in [2.05, 4.69) is 106 Å². The molecule has 3 aromatic carbocycles. The molecule has 0 N–H and O–H groups in total. The summed E-state index contributed by atoms with van der Waals surface area (Å²) in [6, 6.07) is 32.2. The third-order valence-corrected chi connectivity index (χ3v) is 11.2. The number of amides is 1. The number of azide groups is 1. The van der Waals surface area contributed by atoms with Crippen LogP contribution in [0.2, 0.25) is 0 Å². The second-order valence-corrected chi connectivity index (χ2v) is 12.6. The van der Waals surface area contributed by atoms with E-state index in [1.54, 1.807) is 11.8 Å². The molecule has 8 heteroatoms. The molecule has 1 amide bonds. The van der Waals surface area contributed by atoms with E-state index in [0.29, 0.717) is 12.3 Å². The normalized spacial score (nSPS) is 12.3. The van der Waals surface area contributed by atoms with E-state index in [-0.39, 0.29) is 11.7 Å². The number of nitroso groups, excluding NO2 is 1. The second-order valence-electron chi connectivity index (χ2n) is 8.05. The highest BCUT2D eigenvalue weighted by molar-refractivity contribution is 8.33. The van der Waals surface area contributed by atoms with Gasteiger partial charge in [0.2, 0.25) is 0 Å². The Bertz CT molecular complexity index is 1010. The molecular weight excluding hydrogens is 476 g/mol. The average Bonchev–Trinajstić information content (AvgIpc) is 2.92. The zero-order chi connectivity index (χ0) is 24.8. The Kier molecular flexibility index (Phi) is 10.9. The van der Waals surface area contributed by atoms with Gasteiger partial charge in [-0.2, -0.15) is 21.8 Å². The van der Waals surface area contributed by atoms with Crippen LogP contribution in [0.1, 0.15) is 32.1 Å². The SMILES string of the molecule is [N-]=[N+]=NCSC(CCCCC(=O)N=O)CCS(c1ccccc1)(c1ccccc1)c1ccccc1. The van der Waals surface area contributed by atoms with E-state index in [4.69, 9.17) is 5.53 Å². The van der Waals surface area contributed by atoms with Crippen molar-refractivity contribution in [2.75, 3.05) is 11.6 Å². The molecule has 3 rings (SSSR count). The quantitative estimate of drug-likeness (QED) is 0.0720. The molecular formula is C27H30N4O2S2. The Morgan fingerprint density at radius 1 is 0.829 bits per heavy atom. The van der Waals surface area contributed by atoms with Crippen LogP contribution in [0.25, 0.3) is 10.4 Å². The zero-order valence-electron chi connectivity index (χ0n) is 19.6. The number of carbonyl (C=O) groups excluding carboxylic acids is 1. The highest BCUT2D eigenvalue weighted by atomic mass is 32.3. The van der Waals surface area contributed by atoms with E-state index in [9.17, 15) is 9.70 Å². The van der Waals surface area contributed by atoms with Crippen molar-refractivity contribution >= 4 is 27.7 Å².